The highest BCUT2D eigenvalue weighted by molar-refractivity contribution is 6.15. The third kappa shape index (κ3) is 6.06. The SMILES string of the molecule is CCCCC(CC)(CCC)c1c(CC)c(CC)c2c3c(CC)c(CC)c(C(CC)(CC)CCC)c(CC)c3n(CC)c2c1CC. The first-order valence-electron chi connectivity index (χ1n) is 19.9. The van der Waals surface area contributed by atoms with E-state index in [0.717, 1.165) is 45.1 Å². The van der Waals surface area contributed by atoms with Gasteiger partial charge in [0.05, 0.1) is 11.0 Å². The predicted molar refractivity (Wildman–Crippen MR) is 205 cm³/mol. The number of aryl methyl sites for hydroxylation is 5. The maximum atomic E-state index is 2.86. The summed E-state index contributed by atoms with van der Waals surface area (Å²) in [5.74, 6) is 0. The molecular formula is C44H73N. The number of fused-ring (bicyclic) bond motifs is 3. The van der Waals surface area contributed by atoms with Gasteiger partial charge in [-0.1, -0.05) is 109 Å². The van der Waals surface area contributed by atoms with Crippen molar-refractivity contribution in [2.24, 2.45) is 0 Å². The number of hydrogen-bond donors (Lipinski definition) is 0. The van der Waals surface area contributed by atoms with Gasteiger partial charge >= 0.3 is 0 Å². The van der Waals surface area contributed by atoms with Crippen LogP contribution in [0.25, 0.3) is 21.8 Å². The Morgan fingerprint density at radius 1 is 0.400 bits per heavy atom. The van der Waals surface area contributed by atoms with Crippen LogP contribution in [0.3, 0.4) is 0 Å². The van der Waals surface area contributed by atoms with Gasteiger partial charge in [-0.25, -0.2) is 0 Å². The topological polar surface area (TPSA) is 4.93 Å². The van der Waals surface area contributed by atoms with Crippen molar-refractivity contribution in [2.75, 3.05) is 0 Å². The number of hydrogen-bond acceptors (Lipinski definition) is 0. The van der Waals surface area contributed by atoms with Crippen LogP contribution in [-0.2, 0) is 55.9 Å². The Bertz CT molecular complexity index is 1410. The van der Waals surface area contributed by atoms with Crippen molar-refractivity contribution < 1.29 is 0 Å². The highest BCUT2D eigenvalue weighted by atomic mass is 15.0. The van der Waals surface area contributed by atoms with Crippen LogP contribution >= 0.6 is 0 Å². The molecule has 1 aromatic heterocycles. The zero-order valence-corrected chi connectivity index (χ0v) is 32.5. The highest BCUT2D eigenvalue weighted by Crippen LogP contribution is 2.52. The minimum Gasteiger partial charge on any atom is -0.340 e. The molecule has 0 aliphatic rings. The summed E-state index contributed by atoms with van der Waals surface area (Å²) in [4.78, 5) is 0. The van der Waals surface area contributed by atoms with Gasteiger partial charge in [-0.2, -0.15) is 0 Å². The van der Waals surface area contributed by atoms with E-state index < -0.39 is 0 Å². The van der Waals surface area contributed by atoms with Crippen LogP contribution in [0.1, 0.15) is 199 Å². The number of benzene rings is 2. The minimum atomic E-state index is 0.262. The molecule has 1 heteroatoms. The molecule has 3 aromatic rings. The van der Waals surface area contributed by atoms with Crippen molar-refractivity contribution in [3.8, 4) is 0 Å². The fraction of sp³-hybridized carbons (Fsp3) is 0.727. The number of aromatic nitrogens is 1. The normalized spacial score (nSPS) is 13.8. The molecule has 0 aliphatic carbocycles. The van der Waals surface area contributed by atoms with E-state index >= 15 is 0 Å². The first-order chi connectivity index (χ1) is 21.7. The molecule has 1 atom stereocenters. The zero-order chi connectivity index (χ0) is 33.5. The Hall–Kier alpha value is -1.76. The zero-order valence-electron chi connectivity index (χ0n) is 32.5. The second-order valence-corrected chi connectivity index (χ2v) is 14.2. The fourth-order valence-corrected chi connectivity index (χ4v) is 10.3. The molecule has 0 amide bonds. The molecule has 0 spiro atoms. The molecule has 1 unspecified atom stereocenters. The molecule has 3 rings (SSSR count). The molecule has 0 saturated heterocycles. The second-order valence-electron chi connectivity index (χ2n) is 14.2. The largest absolute Gasteiger partial charge is 0.340 e. The number of nitrogens with zero attached hydrogens (tertiary/aromatic N) is 1. The average molecular weight is 616 g/mol. The second kappa shape index (κ2) is 16.4. The summed E-state index contributed by atoms with van der Waals surface area (Å²) >= 11 is 0. The van der Waals surface area contributed by atoms with E-state index in [1.807, 2.05) is 0 Å². The van der Waals surface area contributed by atoms with Gasteiger partial charge in [-0.05, 0) is 139 Å². The number of unbranched alkanes of at least 4 members (excludes halogenated alkanes) is 1. The summed E-state index contributed by atoms with van der Waals surface area (Å²) in [7, 11) is 0. The van der Waals surface area contributed by atoms with E-state index in [1.165, 1.54) is 64.2 Å². The van der Waals surface area contributed by atoms with Gasteiger partial charge < -0.3 is 4.57 Å². The van der Waals surface area contributed by atoms with Crippen LogP contribution in [0.4, 0.5) is 0 Å². The monoisotopic (exact) mass is 616 g/mol. The van der Waals surface area contributed by atoms with E-state index in [2.05, 4.69) is 94.6 Å². The van der Waals surface area contributed by atoms with Crippen molar-refractivity contribution in [1.29, 1.82) is 0 Å². The summed E-state index contributed by atoms with van der Waals surface area (Å²) in [5, 5.41) is 3.29. The van der Waals surface area contributed by atoms with Gasteiger partial charge in [0, 0.05) is 17.3 Å². The van der Waals surface area contributed by atoms with Crippen molar-refractivity contribution in [2.45, 2.75) is 210 Å². The molecule has 0 bridgehead atoms. The van der Waals surface area contributed by atoms with E-state index in [-0.39, 0.29) is 10.8 Å². The maximum absolute atomic E-state index is 2.86. The smallest absolute Gasteiger partial charge is 0.0529 e. The summed E-state index contributed by atoms with van der Waals surface area (Å²) in [5.41, 5.74) is 17.4. The molecule has 0 radical (unpaired) electrons. The Morgan fingerprint density at radius 3 is 1.09 bits per heavy atom. The van der Waals surface area contributed by atoms with Crippen LogP contribution < -0.4 is 0 Å². The summed E-state index contributed by atoms with van der Waals surface area (Å²) < 4.78 is 2.86. The van der Waals surface area contributed by atoms with Gasteiger partial charge in [0.2, 0.25) is 0 Å². The third-order valence-electron chi connectivity index (χ3n) is 12.4. The van der Waals surface area contributed by atoms with Crippen molar-refractivity contribution in [3.63, 3.8) is 0 Å². The molecule has 0 saturated carbocycles. The first kappa shape index (κ1) is 37.7. The van der Waals surface area contributed by atoms with Gasteiger partial charge in [0.1, 0.15) is 0 Å². The Morgan fingerprint density at radius 2 is 0.778 bits per heavy atom. The lowest BCUT2D eigenvalue weighted by Gasteiger charge is -2.39. The first-order valence-corrected chi connectivity index (χ1v) is 19.9. The molecular weight excluding hydrogens is 542 g/mol. The lowest BCUT2D eigenvalue weighted by atomic mass is 9.65. The predicted octanol–water partition coefficient (Wildman–Crippen LogP) is 13.7. The van der Waals surface area contributed by atoms with E-state index in [1.54, 1.807) is 66.3 Å². The van der Waals surface area contributed by atoms with E-state index in [9.17, 15) is 0 Å². The standard InChI is InChI=1S/C44H73N/c1-14-27-30-44(25-12,29-16-3)40-34(20-7)32(18-5)38-37-31(17-4)33(19-6)39(43(23-10,24-11)28-15-2)35(21-8)41(37)45(26-13)42(38)36(40)22-9/h14-30H2,1-13H3. The van der Waals surface area contributed by atoms with Gasteiger partial charge in [0.15, 0.2) is 0 Å². The van der Waals surface area contributed by atoms with E-state index in [4.69, 9.17) is 0 Å². The van der Waals surface area contributed by atoms with Gasteiger partial charge in [-0.3, -0.25) is 0 Å². The van der Waals surface area contributed by atoms with Crippen molar-refractivity contribution >= 4 is 21.8 Å². The number of rotatable bonds is 19. The van der Waals surface area contributed by atoms with Crippen molar-refractivity contribution in [3.05, 3.63) is 44.5 Å². The lowest BCUT2D eigenvalue weighted by molar-refractivity contribution is 0.332. The van der Waals surface area contributed by atoms with Crippen LogP contribution in [0.15, 0.2) is 0 Å². The summed E-state index contributed by atoms with van der Waals surface area (Å²) in [6.45, 7) is 32.9. The molecule has 0 N–H and O–H groups in total. The summed E-state index contributed by atoms with van der Waals surface area (Å²) in [6, 6.07) is 0. The van der Waals surface area contributed by atoms with Crippen LogP contribution in [-0.4, -0.2) is 4.57 Å². The molecule has 1 heterocycles. The highest BCUT2D eigenvalue weighted by Gasteiger charge is 2.39. The van der Waals surface area contributed by atoms with Gasteiger partial charge in [0.25, 0.3) is 0 Å². The lowest BCUT2D eigenvalue weighted by Crippen LogP contribution is -2.29. The quantitative estimate of drug-likeness (QED) is 0.126. The molecule has 1 nitrogen and oxygen atoms in total. The molecule has 0 aliphatic heterocycles. The Kier molecular flexibility index (Phi) is 13.7. The molecule has 45 heavy (non-hydrogen) atoms. The van der Waals surface area contributed by atoms with Crippen LogP contribution in [0.5, 0.6) is 0 Å². The summed E-state index contributed by atoms with van der Waals surface area (Å²) in [6.07, 6.45) is 19.5. The van der Waals surface area contributed by atoms with Crippen molar-refractivity contribution in [1.82, 2.24) is 4.57 Å². The minimum absolute atomic E-state index is 0.262. The Labute approximate surface area is 280 Å². The van der Waals surface area contributed by atoms with Crippen LogP contribution in [0.2, 0.25) is 0 Å². The Balaban J connectivity index is 2.88. The molecule has 0 fully saturated rings. The molecule has 254 valence electrons. The average Bonchev–Trinajstić information content (AvgIpc) is 3.41. The van der Waals surface area contributed by atoms with E-state index in [0.29, 0.717) is 0 Å². The van der Waals surface area contributed by atoms with Crippen LogP contribution in [0, 0.1) is 0 Å². The van der Waals surface area contributed by atoms with Gasteiger partial charge in [-0.15, -0.1) is 0 Å². The fourth-order valence-electron chi connectivity index (χ4n) is 10.3. The maximum Gasteiger partial charge on any atom is 0.0529 e. The third-order valence-corrected chi connectivity index (χ3v) is 12.4. The molecule has 2 aromatic carbocycles.